The molecule has 162 valence electrons. The number of benzene rings is 3. The number of carbonyl (C=O) groups excluding carboxylic acids is 2. The third kappa shape index (κ3) is 6.43. The van der Waals surface area contributed by atoms with Gasteiger partial charge in [-0.05, 0) is 14.1 Å². The van der Waals surface area contributed by atoms with E-state index in [1.54, 1.807) is 12.1 Å². The van der Waals surface area contributed by atoms with Crippen molar-refractivity contribution in [2.24, 2.45) is 0 Å². The summed E-state index contributed by atoms with van der Waals surface area (Å²) >= 11 is 0. The molecule has 0 unspecified atom stereocenters. The number of rotatable bonds is 8. The number of hydrogen-bond donors (Lipinski definition) is 0. The molecule has 0 amide bonds. The molecule has 0 atom stereocenters. The van der Waals surface area contributed by atoms with E-state index in [1.807, 2.05) is 97.9 Å². The molecular weight excluding hydrogens is 390 g/mol. The van der Waals surface area contributed by atoms with E-state index in [0.29, 0.717) is 17.7 Å². The SMILES string of the molecule is CN(C)CC(=O)c1ccccc1.COC(OC)(C(=O)c1ccccc1)c1ccccc1. The van der Waals surface area contributed by atoms with Gasteiger partial charge in [0.1, 0.15) is 0 Å². The van der Waals surface area contributed by atoms with Crippen LogP contribution >= 0.6 is 0 Å². The number of likely N-dealkylation sites (N-methyl/N-ethyl adjacent to an activating group) is 1. The Bertz CT molecular complexity index is 937. The van der Waals surface area contributed by atoms with Gasteiger partial charge in [-0.25, -0.2) is 0 Å². The summed E-state index contributed by atoms with van der Waals surface area (Å²) in [4.78, 5) is 26.0. The van der Waals surface area contributed by atoms with Crippen LogP contribution in [-0.2, 0) is 15.3 Å². The highest BCUT2D eigenvalue weighted by Gasteiger charge is 2.41. The summed E-state index contributed by atoms with van der Waals surface area (Å²) in [5.41, 5.74) is 2.01. The van der Waals surface area contributed by atoms with Crippen molar-refractivity contribution in [2.75, 3.05) is 34.9 Å². The lowest BCUT2D eigenvalue weighted by atomic mass is 9.96. The molecule has 0 aliphatic carbocycles. The third-order valence-electron chi connectivity index (χ3n) is 4.62. The Hall–Kier alpha value is -3.12. The number of Topliss-reactive ketones (excluding diaryl/α,β-unsaturated/α-hetero) is 2. The molecule has 0 aliphatic heterocycles. The molecular formula is C26H29NO4. The molecule has 0 aliphatic rings. The van der Waals surface area contributed by atoms with Crippen LogP contribution in [0.2, 0.25) is 0 Å². The molecule has 3 aromatic carbocycles. The predicted molar refractivity (Wildman–Crippen MR) is 122 cm³/mol. The van der Waals surface area contributed by atoms with Gasteiger partial charge in [-0.3, -0.25) is 9.59 Å². The Morgan fingerprint density at radius 2 is 1.13 bits per heavy atom. The number of methoxy groups -OCH3 is 2. The average molecular weight is 420 g/mol. The molecule has 0 N–H and O–H groups in total. The van der Waals surface area contributed by atoms with Gasteiger partial charge in [-0.2, -0.15) is 0 Å². The van der Waals surface area contributed by atoms with Crippen molar-refractivity contribution < 1.29 is 19.1 Å². The summed E-state index contributed by atoms with van der Waals surface area (Å²) in [7, 11) is 6.72. The second kappa shape index (κ2) is 11.9. The van der Waals surface area contributed by atoms with E-state index in [1.165, 1.54) is 14.2 Å². The Kier molecular flexibility index (Phi) is 9.28. The van der Waals surface area contributed by atoms with Crippen molar-refractivity contribution in [3.8, 4) is 0 Å². The van der Waals surface area contributed by atoms with E-state index in [9.17, 15) is 9.59 Å². The van der Waals surface area contributed by atoms with Gasteiger partial charge in [-0.15, -0.1) is 0 Å². The van der Waals surface area contributed by atoms with E-state index in [4.69, 9.17) is 9.47 Å². The number of nitrogens with zero attached hydrogens (tertiary/aromatic N) is 1. The van der Waals surface area contributed by atoms with Crippen molar-refractivity contribution in [1.29, 1.82) is 0 Å². The summed E-state index contributed by atoms with van der Waals surface area (Å²) in [6, 6.07) is 27.5. The predicted octanol–water partition coefficient (Wildman–Crippen LogP) is 4.45. The van der Waals surface area contributed by atoms with E-state index in [-0.39, 0.29) is 11.6 Å². The van der Waals surface area contributed by atoms with Crippen LogP contribution in [0.15, 0.2) is 91.0 Å². The van der Waals surface area contributed by atoms with Crippen LogP contribution in [-0.4, -0.2) is 51.3 Å². The molecule has 0 fully saturated rings. The molecule has 0 bridgehead atoms. The Morgan fingerprint density at radius 3 is 1.55 bits per heavy atom. The molecule has 0 radical (unpaired) electrons. The van der Waals surface area contributed by atoms with E-state index in [0.717, 1.165) is 5.56 Å². The fourth-order valence-electron chi connectivity index (χ4n) is 3.08. The van der Waals surface area contributed by atoms with Crippen molar-refractivity contribution >= 4 is 11.6 Å². The van der Waals surface area contributed by atoms with Gasteiger partial charge in [0.15, 0.2) is 5.78 Å². The third-order valence-corrected chi connectivity index (χ3v) is 4.62. The molecule has 5 nitrogen and oxygen atoms in total. The smallest absolute Gasteiger partial charge is 0.260 e. The Balaban J connectivity index is 0.000000245. The molecule has 0 spiro atoms. The van der Waals surface area contributed by atoms with Crippen LogP contribution in [0, 0.1) is 0 Å². The fraction of sp³-hybridized carbons (Fsp3) is 0.231. The molecule has 0 heterocycles. The second-order valence-electron chi connectivity index (χ2n) is 7.11. The van der Waals surface area contributed by atoms with Gasteiger partial charge in [0.25, 0.3) is 5.79 Å². The first-order valence-electron chi connectivity index (χ1n) is 9.93. The topological polar surface area (TPSA) is 55.8 Å². The minimum Gasteiger partial charge on any atom is -0.343 e. The first kappa shape index (κ1) is 24.2. The van der Waals surface area contributed by atoms with Crippen molar-refractivity contribution in [2.45, 2.75) is 5.79 Å². The lowest BCUT2D eigenvalue weighted by Gasteiger charge is -2.29. The van der Waals surface area contributed by atoms with Crippen molar-refractivity contribution in [1.82, 2.24) is 4.90 Å². The lowest BCUT2D eigenvalue weighted by Crippen LogP contribution is -2.39. The Labute approximate surface area is 184 Å². The molecule has 3 rings (SSSR count). The zero-order valence-electron chi connectivity index (χ0n) is 18.4. The maximum Gasteiger partial charge on any atom is 0.260 e. The highest BCUT2D eigenvalue weighted by molar-refractivity contribution is 6.02. The zero-order valence-corrected chi connectivity index (χ0v) is 18.4. The first-order valence-corrected chi connectivity index (χ1v) is 9.93. The average Bonchev–Trinajstić information content (AvgIpc) is 2.82. The van der Waals surface area contributed by atoms with Gasteiger partial charge in [0.05, 0.1) is 6.54 Å². The van der Waals surface area contributed by atoms with Crippen LogP contribution < -0.4 is 0 Å². The summed E-state index contributed by atoms with van der Waals surface area (Å²) in [5.74, 6) is -1.45. The van der Waals surface area contributed by atoms with Crippen LogP contribution in [0.3, 0.4) is 0 Å². The molecule has 5 heteroatoms. The maximum atomic E-state index is 12.7. The molecule has 0 saturated heterocycles. The van der Waals surface area contributed by atoms with Gasteiger partial charge >= 0.3 is 0 Å². The fourth-order valence-corrected chi connectivity index (χ4v) is 3.08. The van der Waals surface area contributed by atoms with E-state index in [2.05, 4.69) is 0 Å². The van der Waals surface area contributed by atoms with Gasteiger partial charge in [0.2, 0.25) is 5.78 Å². The summed E-state index contributed by atoms with van der Waals surface area (Å²) < 4.78 is 10.8. The molecule has 0 aromatic heterocycles. The molecule has 3 aromatic rings. The maximum absolute atomic E-state index is 12.7. The number of ether oxygens (including phenoxy) is 2. The summed E-state index contributed by atoms with van der Waals surface area (Å²) in [6.07, 6.45) is 0. The minimum atomic E-state index is -1.40. The largest absolute Gasteiger partial charge is 0.343 e. The standard InChI is InChI=1S/C16H16O3.C10H13NO/c1-18-16(19-2,14-11-7-4-8-12-14)15(17)13-9-5-3-6-10-13;1-11(2)8-10(12)9-6-4-3-5-7-9/h3-12H,1-2H3;3-7H,8H2,1-2H3. The molecule has 31 heavy (non-hydrogen) atoms. The van der Waals surface area contributed by atoms with Gasteiger partial charge in [-0.1, -0.05) is 91.0 Å². The normalized spacial score (nSPS) is 10.9. The summed E-state index contributed by atoms with van der Waals surface area (Å²) in [6.45, 7) is 0.476. The van der Waals surface area contributed by atoms with Crippen LogP contribution in [0.1, 0.15) is 26.3 Å². The highest BCUT2D eigenvalue weighted by atomic mass is 16.7. The first-order chi connectivity index (χ1) is 14.9. The van der Waals surface area contributed by atoms with Gasteiger partial charge in [0, 0.05) is 30.9 Å². The van der Waals surface area contributed by atoms with Crippen LogP contribution in [0.25, 0.3) is 0 Å². The number of carbonyl (C=O) groups is 2. The Morgan fingerprint density at radius 1 is 0.710 bits per heavy atom. The van der Waals surface area contributed by atoms with Gasteiger partial charge < -0.3 is 14.4 Å². The van der Waals surface area contributed by atoms with E-state index >= 15 is 0 Å². The molecule has 0 saturated carbocycles. The number of hydrogen-bond acceptors (Lipinski definition) is 5. The second-order valence-corrected chi connectivity index (χ2v) is 7.11. The number of ketones is 2. The van der Waals surface area contributed by atoms with Crippen LogP contribution in [0.5, 0.6) is 0 Å². The highest BCUT2D eigenvalue weighted by Crippen LogP contribution is 2.30. The lowest BCUT2D eigenvalue weighted by molar-refractivity contribution is -0.176. The minimum absolute atomic E-state index is 0.167. The van der Waals surface area contributed by atoms with Crippen molar-refractivity contribution in [3.05, 3.63) is 108 Å². The zero-order chi connectivity index (χ0) is 22.7. The quantitative estimate of drug-likeness (QED) is 0.399. The van der Waals surface area contributed by atoms with Crippen LogP contribution in [0.4, 0.5) is 0 Å². The summed E-state index contributed by atoms with van der Waals surface area (Å²) in [5, 5.41) is 0. The monoisotopic (exact) mass is 419 g/mol. The van der Waals surface area contributed by atoms with E-state index < -0.39 is 5.79 Å². The van der Waals surface area contributed by atoms with Crippen molar-refractivity contribution in [3.63, 3.8) is 0 Å².